The number of H-pyrrole nitrogens is 1. The number of aryl methyl sites for hydroxylation is 2. The minimum atomic E-state index is -0.593. The number of rotatable bonds is 13. The Labute approximate surface area is 245 Å². The van der Waals surface area contributed by atoms with Gasteiger partial charge in [-0.05, 0) is 102 Å². The summed E-state index contributed by atoms with van der Waals surface area (Å²) < 4.78 is 11.8. The number of hydrogen-bond donors (Lipinski definition) is 2. The molecule has 3 aromatic rings. The fraction of sp³-hybridized carbons (Fsp3) is 0.529. The van der Waals surface area contributed by atoms with Crippen LogP contribution >= 0.6 is 0 Å². The van der Waals surface area contributed by atoms with Gasteiger partial charge in [0, 0.05) is 23.6 Å². The van der Waals surface area contributed by atoms with E-state index in [2.05, 4.69) is 71.5 Å². The monoisotopic (exact) mass is 558 g/mol. The van der Waals surface area contributed by atoms with Crippen LogP contribution in [0.3, 0.4) is 0 Å². The van der Waals surface area contributed by atoms with E-state index in [9.17, 15) is 4.79 Å². The number of nitrogens with zero attached hydrogens (tertiary/aromatic N) is 2. The molecule has 3 heterocycles. The van der Waals surface area contributed by atoms with Gasteiger partial charge in [-0.15, -0.1) is 5.10 Å². The third-order valence-corrected chi connectivity index (χ3v) is 8.87. The molecule has 0 spiro atoms. The van der Waals surface area contributed by atoms with E-state index in [1.165, 1.54) is 16.7 Å². The van der Waals surface area contributed by atoms with Gasteiger partial charge in [-0.25, -0.2) is 0 Å². The number of benzene rings is 2. The first kappa shape index (κ1) is 29.3. The molecule has 2 saturated heterocycles. The van der Waals surface area contributed by atoms with Crippen molar-refractivity contribution < 1.29 is 14.3 Å². The molecule has 7 nitrogen and oxygen atoms in total. The molecule has 1 aromatic heterocycles. The van der Waals surface area contributed by atoms with Crippen molar-refractivity contribution in [1.29, 1.82) is 0 Å². The fourth-order valence-corrected chi connectivity index (χ4v) is 6.63. The Morgan fingerprint density at radius 3 is 2.54 bits per heavy atom. The first-order valence-corrected chi connectivity index (χ1v) is 15.1. The second-order valence-electron chi connectivity index (χ2n) is 12.8. The number of methoxy groups -OCH3 is 1. The second-order valence-corrected chi connectivity index (χ2v) is 12.8. The minimum Gasteiger partial charge on any atom is -0.497 e. The summed E-state index contributed by atoms with van der Waals surface area (Å²) in [5.74, 6) is 2.42. The third kappa shape index (κ3) is 6.52. The van der Waals surface area contributed by atoms with Crippen LogP contribution in [-0.4, -0.2) is 66.8 Å². The Morgan fingerprint density at radius 2 is 1.88 bits per heavy atom. The molecule has 0 amide bonds. The van der Waals surface area contributed by atoms with Gasteiger partial charge in [0.15, 0.2) is 5.78 Å². The highest BCUT2D eigenvalue weighted by atomic mass is 16.5. The largest absolute Gasteiger partial charge is 0.497 e. The second kappa shape index (κ2) is 12.4. The number of aromatic nitrogens is 2. The maximum atomic E-state index is 13.6. The number of ether oxygens (including phenoxy) is 2. The van der Waals surface area contributed by atoms with Crippen LogP contribution in [0.5, 0.6) is 11.6 Å². The van der Waals surface area contributed by atoms with Gasteiger partial charge in [0.25, 0.3) is 0 Å². The number of Topliss-reactive ketones (excluding diaryl/α,β-unsaturated/α-hetero) is 1. The van der Waals surface area contributed by atoms with E-state index in [0.29, 0.717) is 24.2 Å². The van der Waals surface area contributed by atoms with Gasteiger partial charge in [0.2, 0.25) is 5.88 Å². The van der Waals surface area contributed by atoms with Crippen LogP contribution in [0.2, 0.25) is 0 Å². The maximum Gasteiger partial charge on any atom is 0.236 e. The van der Waals surface area contributed by atoms with Crippen LogP contribution in [0, 0.1) is 25.2 Å². The van der Waals surface area contributed by atoms with Crippen molar-refractivity contribution >= 4 is 5.78 Å². The van der Waals surface area contributed by atoms with Crippen molar-refractivity contribution in [1.82, 2.24) is 20.4 Å². The molecule has 0 saturated carbocycles. The van der Waals surface area contributed by atoms with E-state index >= 15 is 0 Å². The van der Waals surface area contributed by atoms with Crippen molar-refractivity contribution in [2.24, 2.45) is 11.3 Å². The van der Waals surface area contributed by atoms with Gasteiger partial charge in [-0.2, -0.15) is 0 Å². The molecule has 1 unspecified atom stereocenters. The zero-order valence-electron chi connectivity index (χ0n) is 25.5. The van der Waals surface area contributed by atoms with Crippen LogP contribution in [0.25, 0.3) is 11.3 Å². The third-order valence-electron chi connectivity index (χ3n) is 8.87. The van der Waals surface area contributed by atoms with Crippen LogP contribution in [-0.2, 0) is 11.2 Å². The minimum absolute atomic E-state index is 0.0470. The first-order chi connectivity index (χ1) is 19.7. The molecule has 7 heteroatoms. The molecular weight excluding hydrogens is 512 g/mol. The molecule has 2 bridgehead atoms. The van der Waals surface area contributed by atoms with E-state index < -0.39 is 5.41 Å². The molecule has 2 aliphatic heterocycles. The average molecular weight is 559 g/mol. The predicted octanol–water partition coefficient (Wildman–Crippen LogP) is 5.71. The lowest BCUT2D eigenvalue weighted by molar-refractivity contribution is -0.133. The zero-order valence-corrected chi connectivity index (χ0v) is 25.5. The van der Waals surface area contributed by atoms with Crippen LogP contribution in [0.1, 0.15) is 61.8 Å². The standard InChI is InChI=1S/C34H46N4O3/c1-22-16-23(2)18-27(17-22)30-29(24(3)20-35-13-10-25-8-7-9-28(19-25)40-6)33(37-36-30)41-21-34(4,5)32(39)31-26-11-14-38(31)15-12-26/h7-9,16-19,24,26,31,35H,10-15,20-21H2,1-6H3,(H,36,37)/t24-,31?/m1/s1. The Morgan fingerprint density at radius 1 is 1.15 bits per heavy atom. The fourth-order valence-electron chi connectivity index (χ4n) is 6.63. The Bertz CT molecular complexity index is 1320. The number of aromatic amines is 1. The number of nitrogens with one attached hydrogen (secondary N) is 2. The van der Waals surface area contributed by atoms with E-state index in [0.717, 1.165) is 68.0 Å². The van der Waals surface area contributed by atoms with Crippen molar-refractivity contribution in [3.63, 3.8) is 0 Å². The summed E-state index contributed by atoms with van der Waals surface area (Å²) in [6, 6.07) is 14.8. The smallest absolute Gasteiger partial charge is 0.236 e. The first-order valence-electron chi connectivity index (χ1n) is 15.1. The summed E-state index contributed by atoms with van der Waals surface area (Å²) in [6.45, 7) is 14.5. The lowest BCUT2D eigenvalue weighted by Crippen LogP contribution is -2.44. The van der Waals surface area contributed by atoms with Gasteiger partial charge in [-0.3, -0.25) is 14.8 Å². The molecule has 220 valence electrons. The van der Waals surface area contributed by atoms with Crippen molar-refractivity contribution in [2.75, 3.05) is 39.9 Å². The van der Waals surface area contributed by atoms with Crippen molar-refractivity contribution in [2.45, 2.75) is 65.8 Å². The Kier molecular flexibility index (Phi) is 8.85. The highest BCUT2D eigenvalue weighted by molar-refractivity contribution is 5.90. The lowest BCUT2D eigenvalue weighted by Gasteiger charge is -2.29. The van der Waals surface area contributed by atoms with E-state index in [1.54, 1.807) is 7.11 Å². The molecule has 2 fully saturated rings. The number of carbonyl (C=O) groups excluding carboxylic acids is 1. The quantitative estimate of drug-likeness (QED) is 0.262. The van der Waals surface area contributed by atoms with Gasteiger partial charge in [0.1, 0.15) is 12.4 Å². The predicted molar refractivity (Wildman–Crippen MR) is 164 cm³/mol. The maximum absolute atomic E-state index is 13.6. The van der Waals surface area contributed by atoms with Crippen LogP contribution in [0.4, 0.5) is 0 Å². The van der Waals surface area contributed by atoms with Crippen molar-refractivity contribution in [3.05, 3.63) is 64.7 Å². The summed E-state index contributed by atoms with van der Waals surface area (Å²) in [4.78, 5) is 16.0. The van der Waals surface area contributed by atoms with Gasteiger partial charge in [0.05, 0.1) is 24.3 Å². The van der Waals surface area contributed by atoms with Crippen LogP contribution in [0.15, 0.2) is 42.5 Å². The highest BCUT2D eigenvalue weighted by Gasteiger charge is 2.48. The molecule has 2 aromatic carbocycles. The van der Waals surface area contributed by atoms with E-state index in [4.69, 9.17) is 9.47 Å². The summed E-state index contributed by atoms with van der Waals surface area (Å²) in [6.07, 6.45) is 3.19. The van der Waals surface area contributed by atoms with Crippen LogP contribution < -0.4 is 14.8 Å². The number of carbonyl (C=O) groups is 1. The van der Waals surface area contributed by atoms with Gasteiger partial charge in [-0.1, -0.05) is 36.2 Å². The molecule has 5 rings (SSSR count). The number of fused-ring (bicyclic) bond motifs is 2. The van der Waals surface area contributed by atoms with Gasteiger partial charge < -0.3 is 14.8 Å². The Balaban J connectivity index is 1.31. The van der Waals surface area contributed by atoms with E-state index in [-0.39, 0.29) is 12.0 Å². The van der Waals surface area contributed by atoms with E-state index in [1.807, 2.05) is 26.0 Å². The molecule has 41 heavy (non-hydrogen) atoms. The van der Waals surface area contributed by atoms with Gasteiger partial charge >= 0.3 is 0 Å². The SMILES string of the molecule is COc1cccc(CCNC[C@@H](C)c2c(OCC(C)(C)C(=O)C3C4CCN3CC4)n[nH]c2-c2cc(C)cc(C)c2)c1. The normalized spacial score (nSPS) is 20.8. The lowest BCUT2D eigenvalue weighted by atomic mass is 9.81. The summed E-state index contributed by atoms with van der Waals surface area (Å²) in [5, 5.41) is 11.6. The zero-order chi connectivity index (χ0) is 29.1. The topological polar surface area (TPSA) is 79.5 Å². The number of ketones is 1. The molecular formula is C34H46N4O3. The molecule has 2 atom stereocenters. The van der Waals surface area contributed by atoms with Crippen molar-refractivity contribution in [3.8, 4) is 22.9 Å². The average Bonchev–Trinajstić information content (AvgIpc) is 3.68. The Hall–Kier alpha value is -3.16. The summed E-state index contributed by atoms with van der Waals surface area (Å²) in [5.41, 5.74) is 6.21. The highest BCUT2D eigenvalue weighted by Crippen LogP contribution is 2.40. The summed E-state index contributed by atoms with van der Waals surface area (Å²) >= 11 is 0. The number of piperidine rings is 1. The molecule has 2 N–H and O–H groups in total. The number of hydrogen-bond acceptors (Lipinski definition) is 6. The molecule has 2 aliphatic rings. The molecule has 0 aliphatic carbocycles. The molecule has 0 radical (unpaired) electrons. The summed E-state index contributed by atoms with van der Waals surface area (Å²) in [7, 11) is 1.70.